The number of halogens is 2. The Bertz CT molecular complexity index is 32.6. The van der Waals surface area contributed by atoms with Gasteiger partial charge in [0, 0.05) is 32.7 Å². The SMILES string of the molecule is [O]=[Zr]([Cl])[Cl].[Y]. The van der Waals surface area contributed by atoms with Crippen LogP contribution in [0, 0.1) is 0 Å². The monoisotopic (exact) mass is 265 g/mol. The molecule has 0 aliphatic rings. The van der Waals surface area contributed by atoms with Gasteiger partial charge in [0.05, 0.1) is 0 Å². The Morgan fingerprint density at radius 1 is 1.40 bits per heavy atom. The summed E-state index contributed by atoms with van der Waals surface area (Å²) in [7, 11) is 9.36. The zero-order valence-corrected chi connectivity index (χ0v) is 9.05. The molecule has 0 N–H and O–H groups in total. The summed E-state index contributed by atoms with van der Waals surface area (Å²) < 4.78 is 9.26. The fourth-order valence-corrected chi connectivity index (χ4v) is 0. The average Bonchev–Trinajstić information content (AvgIpc) is 0.811. The van der Waals surface area contributed by atoms with Gasteiger partial charge in [-0.2, -0.15) is 0 Å². The molecule has 0 aromatic carbocycles. The molecule has 0 bridgehead atoms. The van der Waals surface area contributed by atoms with Crippen molar-refractivity contribution < 1.29 is 54.9 Å². The molecule has 0 aliphatic carbocycles. The van der Waals surface area contributed by atoms with Gasteiger partial charge >= 0.3 is 39.2 Å². The first kappa shape index (κ1) is 10.4. The summed E-state index contributed by atoms with van der Waals surface area (Å²) in [6.45, 7) is 0. The zero-order chi connectivity index (χ0) is 3.58. The van der Waals surface area contributed by atoms with Gasteiger partial charge in [0.1, 0.15) is 0 Å². The van der Waals surface area contributed by atoms with Crippen molar-refractivity contribution >= 4 is 17.0 Å². The Kier molecular flexibility index (Phi) is 13.2. The largest absolute Gasteiger partial charge is 0 e. The minimum Gasteiger partial charge on any atom is 0 e. The Morgan fingerprint density at radius 3 is 1.40 bits per heavy atom. The summed E-state index contributed by atoms with van der Waals surface area (Å²) in [6.07, 6.45) is 0. The van der Waals surface area contributed by atoms with Crippen molar-refractivity contribution in [1.29, 1.82) is 0 Å². The van der Waals surface area contributed by atoms with E-state index in [1.54, 1.807) is 0 Å². The van der Waals surface area contributed by atoms with Crippen molar-refractivity contribution in [1.82, 2.24) is 0 Å². The first-order chi connectivity index (χ1) is 1.73. The van der Waals surface area contributed by atoms with Crippen molar-refractivity contribution in [3.63, 3.8) is 0 Å². The topological polar surface area (TPSA) is 17.1 Å². The van der Waals surface area contributed by atoms with Gasteiger partial charge in [-0.05, 0) is 0 Å². The summed E-state index contributed by atoms with van der Waals surface area (Å²) in [5.41, 5.74) is 0. The molecule has 0 amide bonds. The van der Waals surface area contributed by atoms with Crippen molar-refractivity contribution in [2.45, 2.75) is 0 Å². The van der Waals surface area contributed by atoms with Crippen LogP contribution in [-0.2, 0) is 54.9 Å². The molecule has 5 heavy (non-hydrogen) atoms. The summed E-state index contributed by atoms with van der Waals surface area (Å²) >= 11 is -2.85. The summed E-state index contributed by atoms with van der Waals surface area (Å²) in [4.78, 5) is 0. The molecule has 0 rings (SSSR count). The fourth-order valence-electron chi connectivity index (χ4n) is 0. The first-order valence-corrected chi connectivity index (χ1v) is 7.92. The Hall–Kier alpha value is 2.37. The van der Waals surface area contributed by atoms with Crippen LogP contribution in [0.1, 0.15) is 0 Å². The van der Waals surface area contributed by atoms with E-state index < -0.39 is 19.4 Å². The van der Waals surface area contributed by atoms with Crippen LogP contribution in [0.5, 0.6) is 0 Å². The van der Waals surface area contributed by atoms with Crippen LogP contribution < -0.4 is 0 Å². The minimum absolute atomic E-state index is 0. The molecule has 0 heterocycles. The van der Waals surface area contributed by atoms with Gasteiger partial charge in [0.15, 0.2) is 0 Å². The van der Waals surface area contributed by atoms with Crippen LogP contribution in [0.15, 0.2) is 0 Å². The zero-order valence-electron chi connectivity index (χ0n) is 2.24. The molecule has 0 spiro atoms. The second kappa shape index (κ2) is 6.37. The molecule has 0 atom stereocenters. The maximum absolute atomic E-state index is 9.26. The molecule has 0 unspecified atom stereocenters. The van der Waals surface area contributed by atoms with Crippen molar-refractivity contribution in [2.24, 2.45) is 0 Å². The normalized spacial score (nSPS) is 5.20. The second-order valence-corrected chi connectivity index (χ2v) is 6.54. The Balaban J connectivity index is 0. The van der Waals surface area contributed by atoms with Gasteiger partial charge in [-0.25, -0.2) is 0 Å². The van der Waals surface area contributed by atoms with Crippen LogP contribution in [0.2, 0.25) is 0 Å². The molecule has 1 nitrogen and oxygen atoms in total. The van der Waals surface area contributed by atoms with Crippen molar-refractivity contribution in [2.75, 3.05) is 0 Å². The summed E-state index contributed by atoms with van der Waals surface area (Å²) in [5, 5.41) is 0. The van der Waals surface area contributed by atoms with E-state index in [0.717, 1.165) is 0 Å². The van der Waals surface area contributed by atoms with Crippen molar-refractivity contribution in [3.8, 4) is 0 Å². The minimum atomic E-state index is -2.85. The maximum atomic E-state index is 9.26. The summed E-state index contributed by atoms with van der Waals surface area (Å²) in [6, 6.07) is 0. The predicted molar refractivity (Wildman–Crippen MR) is 12.4 cm³/mol. The van der Waals surface area contributed by atoms with E-state index in [1.807, 2.05) is 0 Å². The van der Waals surface area contributed by atoms with E-state index in [4.69, 9.17) is 0 Å². The van der Waals surface area contributed by atoms with Crippen LogP contribution >= 0.6 is 17.0 Å². The van der Waals surface area contributed by atoms with Gasteiger partial charge in [-0.3, -0.25) is 0 Å². The number of hydrogen-bond donors (Lipinski definition) is 0. The predicted octanol–water partition coefficient (Wildman–Crippen LogP) is 1.26. The Labute approximate surface area is 70.5 Å². The molecule has 0 fully saturated rings. The van der Waals surface area contributed by atoms with E-state index >= 15 is 0 Å². The third-order valence-corrected chi connectivity index (χ3v) is 0. The van der Waals surface area contributed by atoms with E-state index in [1.165, 1.54) is 0 Å². The molecule has 0 aromatic rings. The molecule has 0 saturated carbocycles. The van der Waals surface area contributed by atoms with Crippen LogP contribution in [0.25, 0.3) is 0 Å². The van der Waals surface area contributed by atoms with E-state index in [2.05, 4.69) is 17.0 Å². The molecule has 27 valence electrons. The van der Waals surface area contributed by atoms with Gasteiger partial charge in [-0.1, -0.05) is 0 Å². The molecule has 0 aromatic heterocycles. The fraction of sp³-hybridized carbons (Fsp3) is 0. The second-order valence-electron chi connectivity index (χ2n) is 0.226. The molecule has 1 radical (unpaired) electrons. The van der Waals surface area contributed by atoms with E-state index in [0.29, 0.717) is 0 Å². The number of hydrogen-bond acceptors (Lipinski definition) is 1. The average molecular weight is 267 g/mol. The van der Waals surface area contributed by atoms with Gasteiger partial charge in [-0.15, -0.1) is 0 Å². The van der Waals surface area contributed by atoms with E-state index in [-0.39, 0.29) is 32.7 Å². The van der Waals surface area contributed by atoms with E-state index in [9.17, 15) is 2.81 Å². The summed E-state index contributed by atoms with van der Waals surface area (Å²) in [5.74, 6) is 0. The molecule has 0 saturated heterocycles. The third kappa shape index (κ3) is 21.7. The van der Waals surface area contributed by atoms with Gasteiger partial charge in [0.2, 0.25) is 0 Å². The van der Waals surface area contributed by atoms with Crippen molar-refractivity contribution in [3.05, 3.63) is 0 Å². The quantitative estimate of drug-likeness (QED) is 0.645. The van der Waals surface area contributed by atoms with Gasteiger partial charge in [0.25, 0.3) is 0 Å². The smallest absolute Gasteiger partial charge is 0 e. The van der Waals surface area contributed by atoms with Gasteiger partial charge < -0.3 is 0 Å². The molecular weight excluding hydrogens is 267 g/mol. The Morgan fingerprint density at radius 2 is 1.40 bits per heavy atom. The first-order valence-electron chi connectivity index (χ1n) is 0.582. The van der Waals surface area contributed by atoms with Crippen LogP contribution in [0.4, 0.5) is 0 Å². The molecule has 5 heteroatoms. The molecule has 0 aliphatic heterocycles. The van der Waals surface area contributed by atoms with Crippen LogP contribution in [-0.4, -0.2) is 0 Å². The van der Waals surface area contributed by atoms with Crippen LogP contribution in [0.3, 0.4) is 0 Å². The standard InChI is InChI=1S/2ClH.O.Y.Zr/h2*1H;;;/q;;;;+2/p-2. The third-order valence-electron chi connectivity index (χ3n) is 0. The maximum Gasteiger partial charge on any atom is 0 e. The molecular formula is Cl2OYZr. The number of rotatable bonds is 0.